The molecular formula is C51H48N6O7Si. The van der Waals surface area contributed by atoms with Crippen LogP contribution in [0.3, 0.4) is 0 Å². The third-order valence-electron chi connectivity index (χ3n) is 14.0. The van der Waals surface area contributed by atoms with E-state index >= 15 is 4.79 Å². The number of aliphatic hydroxyl groups excluding tert-OH is 1. The lowest BCUT2D eigenvalue weighted by Gasteiger charge is -2.37. The summed E-state index contributed by atoms with van der Waals surface area (Å²) in [5, 5.41) is 34.8. The van der Waals surface area contributed by atoms with Crippen molar-refractivity contribution in [1.29, 1.82) is 0 Å². The third kappa shape index (κ3) is 6.82. The molecule has 0 bridgehead atoms. The van der Waals surface area contributed by atoms with E-state index in [1.165, 1.54) is 12.1 Å². The van der Waals surface area contributed by atoms with Crippen molar-refractivity contribution in [1.82, 2.24) is 15.0 Å². The van der Waals surface area contributed by atoms with Crippen LogP contribution in [0.5, 0.6) is 5.75 Å². The SMILES string of the molecule is COc1ccc([Si](C)(C)[C@@H]2[C@@H](CCn3cc(C(CO)c4ccccc4)nn3)O[C@]3(C(=O)N(Cc4cccc(N5C(=O)c6cccc7cccc5c67)c4)c4ccc([N+](=O)[O-])cc43)[C@H]2C)cc1. The van der Waals surface area contributed by atoms with E-state index in [0.29, 0.717) is 41.2 Å². The highest BCUT2D eigenvalue weighted by Crippen LogP contribution is 2.60. The average molecular weight is 885 g/mol. The molecule has 3 aliphatic rings. The number of hydrogen-bond donors (Lipinski definition) is 1. The minimum absolute atomic E-state index is 0.122. The van der Waals surface area contributed by atoms with Crippen molar-refractivity contribution in [2.75, 3.05) is 23.5 Å². The largest absolute Gasteiger partial charge is 0.497 e. The number of nitrogens with zero attached hydrogens (tertiary/aromatic N) is 6. The Labute approximate surface area is 377 Å². The fourth-order valence-corrected chi connectivity index (χ4v) is 14.9. The first-order valence-electron chi connectivity index (χ1n) is 21.9. The molecule has 0 radical (unpaired) electrons. The lowest BCUT2D eigenvalue weighted by Crippen LogP contribution is -2.51. The predicted molar refractivity (Wildman–Crippen MR) is 251 cm³/mol. The van der Waals surface area contributed by atoms with E-state index in [4.69, 9.17) is 9.47 Å². The number of amides is 2. The number of aryl methyl sites for hydroxylation is 1. The summed E-state index contributed by atoms with van der Waals surface area (Å²) in [4.78, 5) is 45.0. The molecule has 5 atom stereocenters. The summed E-state index contributed by atoms with van der Waals surface area (Å²) >= 11 is 0. The van der Waals surface area contributed by atoms with Crippen molar-refractivity contribution in [3.63, 3.8) is 0 Å². The second-order valence-corrected chi connectivity index (χ2v) is 22.5. The monoisotopic (exact) mass is 884 g/mol. The Morgan fingerprint density at radius 1 is 0.908 bits per heavy atom. The summed E-state index contributed by atoms with van der Waals surface area (Å²) in [7, 11) is -0.925. The number of methoxy groups -OCH3 is 1. The molecule has 0 aliphatic carbocycles. The van der Waals surface area contributed by atoms with E-state index in [9.17, 15) is 20.0 Å². The standard InChI is InChI=1S/C51H48N6O7Si/c1-32-48(65(3,4)39-22-20-38(63-2)21-23-39)46(25-26-54-30-43(52-53-54)41(31-58)34-12-6-5-7-13-34)64-51(32)42-28-37(57(61)62)19-24-44(42)55(50(51)60)29-33-11-8-16-36(27-33)56-45-18-10-15-35-14-9-17-40(47(35)45)49(56)59/h5-24,27-28,30,32,41,46,48,58H,25-26,29,31H2,1-4H3/t32-,41?,46+,48-,51+/m0/s1. The van der Waals surface area contributed by atoms with E-state index in [1.807, 2.05) is 109 Å². The van der Waals surface area contributed by atoms with Crippen LogP contribution in [0, 0.1) is 16.0 Å². The Kier molecular flexibility index (Phi) is 10.5. The first-order valence-corrected chi connectivity index (χ1v) is 25.0. The molecule has 1 unspecified atom stereocenters. The molecule has 4 heterocycles. The second-order valence-electron chi connectivity index (χ2n) is 17.8. The van der Waals surface area contributed by atoms with Gasteiger partial charge in [0, 0.05) is 47.4 Å². The third-order valence-corrected chi connectivity index (χ3v) is 18.4. The number of nitro benzene ring substituents is 1. The molecule has 1 fully saturated rings. The van der Waals surface area contributed by atoms with Gasteiger partial charge in [0.25, 0.3) is 17.5 Å². The van der Waals surface area contributed by atoms with Crippen LogP contribution >= 0.6 is 0 Å². The Bertz CT molecular complexity index is 2990. The van der Waals surface area contributed by atoms with Crippen LogP contribution in [0.4, 0.5) is 22.7 Å². The molecule has 328 valence electrons. The molecular weight excluding hydrogens is 837 g/mol. The fraction of sp³-hybridized carbons (Fsp3) is 0.255. The number of nitro groups is 1. The van der Waals surface area contributed by atoms with Crippen molar-refractivity contribution >= 4 is 58.6 Å². The maximum atomic E-state index is 15.6. The van der Waals surface area contributed by atoms with E-state index in [2.05, 4.69) is 42.5 Å². The van der Waals surface area contributed by atoms with E-state index in [-0.39, 0.29) is 42.1 Å². The minimum Gasteiger partial charge on any atom is -0.497 e. The summed E-state index contributed by atoms with van der Waals surface area (Å²) < 4.78 is 14.6. The second kappa shape index (κ2) is 16.2. The quantitative estimate of drug-likeness (QED) is 0.0682. The number of benzene rings is 6. The van der Waals surface area contributed by atoms with Crippen LogP contribution in [0.2, 0.25) is 18.6 Å². The van der Waals surface area contributed by atoms with Gasteiger partial charge in [-0.1, -0.05) is 109 Å². The molecule has 65 heavy (non-hydrogen) atoms. The van der Waals surface area contributed by atoms with Gasteiger partial charge in [-0.25, -0.2) is 0 Å². The number of fused-ring (bicyclic) bond motifs is 2. The van der Waals surface area contributed by atoms with Crippen LogP contribution < -0.4 is 19.7 Å². The summed E-state index contributed by atoms with van der Waals surface area (Å²) in [6, 6.07) is 41.7. The first-order chi connectivity index (χ1) is 31.4. The summed E-state index contributed by atoms with van der Waals surface area (Å²) in [6.45, 7) is 7.06. The molecule has 1 N–H and O–H groups in total. The normalized spacial score (nSPS) is 20.5. The Morgan fingerprint density at radius 2 is 1.66 bits per heavy atom. The molecule has 1 saturated heterocycles. The number of aromatic nitrogens is 3. The van der Waals surface area contributed by atoms with Crippen molar-refractivity contribution in [3.05, 3.63) is 178 Å². The van der Waals surface area contributed by atoms with Gasteiger partial charge in [-0.05, 0) is 70.9 Å². The van der Waals surface area contributed by atoms with Gasteiger partial charge in [0.2, 0.25) is 0 Å². The Morgan fingerprint density at radius 3 is 2.40 bits per heavy atom. The predicted octanol–water partition coefficient (Wildman–Crippen LogP) is 8.62. The van der Waals surface area contributed by atoms with Gasteiger partial charge >= 0.3 is 0 Å². The van der Waals surface area contributed by atoms with Gasteiger partial charge in [0.15, 0.2) is 5.60 Å². The molecule has 13 nitrogen and oxygen atoms in total. The zero-order valence-electron chi connectivity index (χ0n) is 36.5. The summed E-state index contributed by atoms with van der Waals surface area (Å²) in [5.41, 5.74) is 3.67. The zero-order valence-corrected chi connectivity index (χ0v) is 37.5. The molecule has 6 aromatic carbocycles. The van der Waals surface area contributed by atoms with Gasteiger partial charge in [-0.2, -0.15) is 0 Å². The van der Waals surface area contributed by atoms with Gasteiger partial charge in [0.1, 0.15) is 5.75 Å². The molecule has 14 heteroatoms. The van der Waals surface area contributed by atoms with Crippen LogP contribution in [0.1, 0.15) is 52.0 Å². The van der Waals surface area contributed by atoms with E-state index < -0.39 is 30.6 Å². The number of ether oxygens (including phenoxy) is 2. The Hall–Kier alpha value is -7.00. The highest BCUT2D eigenvalue weighted by molar-refractivity contribution is 6.91. The number of carbonyl (C=O) groups excluding carboxylic acids is 2. The molecule has 2 amide bonds. The first kappa shape index (κ1) is 42.0. The summed E-state index contributed by atoms with van der Waals surface area (Å²) in [5.74, 6) is -0.428. The highest BCUT2D eigenvalue weighted by Gasteiger charge is 2.66. The van der Waals surface area contributed by atoms with Crippen molar-refractivity contribution in [2.24, 2.45) is 5.92 Å². The average Bonchev–Trinajstić information content (AvgIpc) is 4.05. The van der Waals surface area contributed by atoms with E-state index in [1.54, 1.807) is 27.7 Å². The number of carbonyl (C=O) groups is 2. The van der Waals surface area contributed by atoms with Crippen LogP contribution in [0.15, 0.2) is 140 Å². The molecule has 1 spiro atoms. The molecule has 10 rings (SSSR count). The van der Waals surface area contributed by atoms with Gasteiger partial charge < -0.3 is 19.5 Å². The maximum absolute atomic E-state index is 15.6. The highest BCUT2D eigenvalue weighted by atomic mass is 28.3. The smallest absolute Gasteiger partial charge is 0.269 e. The Balaban J connectivity index is 1.02. The zero-order chi connectivity index (χ0) is 45.2. The summed E-state index contributed by atoms with van der Waals surface area (Å²) in [6.07, 6.45) is 1.86. The number of non-ortho nitro benzene ring substituents is 1. The minimum atomic E-state index is -2.56. The van der Waals surface area contributed by atoms with Crippen molar-refractivity contribution < 1.29 is 29.1 Å². The van der Waals surface area contributed by atoms with E-state index in [0.717, 1.165) is 38.5 Å². The lowest BCUT2D eigenvalue weighted by molar-refractivity contribution is -0.385. The topological polar surface area (TPSA) is 153 Å². The van der Waals surface area contributed by atoms with Crippen molar-refractivity contribution in [2.45, 2.75) is 62.7 Å². The fourth-order valence-electron chi connectivity index (χ4n) is 10.9. The lowest BCUT2D eigenvalue weighted by atomic mass is 9.82. The van der Waals surface area contributed by atoms with Crippen molar-refractivity contribution in [3.8, 4) is 5.75 Å². The van der Waals surface area contributed by atoms with Gasteiger partial charge in [0.05, 0.1) is 67.9 Å². The number of anilines is 3. The molecule has 1 aromatic heterocycles. The maximum Gasteiger partial charge on any atom is 0.269 e. The molecule has 7 aromatic rings. The number of rotatable bonds is 13. The van der Waals surface area contributed by atoms with Crippen LogP contribution in [-0.2, 0) is 28.2 Å². The van der Waals surface area contributed by atoms with Gasteiger partial charge in [-0.3, -0.25) is 29.3 Å². The van der Waals surface area contributed by atoms with Crippen LogP contribution in [0.25, 0.3) is 10.8 Å². The molecule has 0 saturated carbocycles. The van der Waals surface area contributed by atoms with Crippen LogP contribution in [-0.4, -0.2) is 64.7 Å². The van der Waals surface area contributed by atoms with Gasteiger partial charge in [-0.15, -0.1) is 5.10 Å². The number of aliphatic hydroxyl groups is 1. The number of hydrogen-bond acceptors (Lipinski definition) is 9. The molecule has 3 aliphatic heterocycles.